The molecule has 2 aromatic rings. The SMILES string of the molecule is CC(=O)c1ccc(NC(=O)c2cc(F)c(F)cc2Cl)cc1. The second-order valence-electron chi connectivity index (χ2n) is 4.33. The van der Waals surface area contributed by atoms with Gasteiger partial charge >= 0.3 is 0 Å². The molecule has 0 saturated heterocycles. The molecule has 6 heteroatoms. The Morgan fingerprint density at radius 3 is 2.19 bits per heavy atom. The second-order valence-corrected chi connectivity index (χ2v) is 4.74. The largest absolute Gasteiger partial charge is 0.322 e. The van der Waals surface area contributed by atoms with Gasteiger partial charge in [0, 0.05) is 11.3 Å². The lowest BCUT2D eigenvalue weighted by molar-refractivity contribution is 0.101. The summed E-state index contributed by atoms with van der Waals surface area (Å²) in [6, 6.07) is 7.63. The van der Waals surface area contributed by atoms with Crippen LogP contribution in [0.4, 0.5) is 14.5 Å². The minimum atomic E-state index is -1.16. The van der Waals surface area contributed by atoms with E-state index in [1.807, 2.05) is 0 Å². The molecule has 0 aliphatic rings. The molecule has 21 heavy (non-hydrogen) atoms. The molecule has 0 fully saturated rings. The zero-order valence-electron chi connectivity index (χ0n) is 10.9. The minimum absolute atomic E-state index is 0.100. The number of Topliss-reactive ketones (excluding diaryl/α,β-unsaturated/α-hetero) is 1. The van der Waals surface area contributed by atoms with Gasteiger partial charge in [0.1, 0.15) is 0 Å². The highest BCUT2D eigenvalue weighted by atomic mass is 35.5. The van der Waals surface area contributed by atoms with Gasteiger partial charge in [0.05, 0.1) is 10.6 Å². The maximum Gasteiger partial charge on any atom is 0.257 e. The van der Waals surface area contributed by atoms with Crippen molar-refractivity contribution >= 4 is 29.0 Å². The zero-order chi connectivity index (χ0) is 15.6. The van der Waals surface area contributed by atoms with E-state index in [9.17, 15) is 18.4 Å². The summed E-state index contributed by atoms with van der Waals surface area (Å²) in [4.78, 5) is 23.1. The summed E-state index contributed by atoms with van der Waals surface area (Å²) in [5, 5.41) is 2.30. The highest BCUT2D eigenvalue weighted by molar-refractivity contribution is 6.34. The van der Waals surface area contributed by atoms with E-state index < -0.39 is 17.5 Å². The molecule has 0 aromatic heterocycles. The Bertz CT molecular complexity index is 714. The predicted molar refractivity (Wildman–Crippen MR) is 75.8 cm³/mol. The Morgan fingerprint density at radius 1 is 1.05 bits per heavy atom. The van der Waals surface area contributed by atoms with Crippen molar-refractivity contribution in [3.8, 4) is 0 Å². The van der Waals surface area contributed by atoms with Crippen LogP contribution in [0.25, 0.3) is 0 Å². The van der Waals surface area contributed by atoms with E-state index in [2.05, 4.69) is 5.32 Å². The van der Waals surface area contributed by atoms with Crippen LogP contribution in [-0.2, 0) is 0 Å². The summed E-state index contributed by atoms with van der Waals surface area (Å²) in [5.41, 5.74) is 0.732. The van der Waals surface area contributed by atoms with Crippen LogP contribution in [0.2, 0.25) is 5.02 Å². The number of carbonyl (C=O) groups excluding carboxylic acids is 2. The Hall–Kier alpha value is -2.27. The van der Waals surface area contributed by atoms with E-state index in [1.54, 1.807) is 12.1 Å². The van der Waals surface area contributed by atoms with E-state index >= 15 is 0 Å². The van der Waals surface area contributed by atoms with Crippen LogP contribution in [0.5, 0.6) is 0 Å². The molecule has 0 atom stereocenters. The van der Waals surface area contributed by atoms with Crippen LogP contribution in [0.1, 0.15) is 27.6 Å². The van der Waals surface area contributed by atoms with Crippen molar-refractivity contribution in [2.24, 2.45) is 0 Å². The molecule has 1 N–H and O–H groups in total. The lowest BCUT2D eigenvalue weighted by atomic mass is 10.1. The normalized spacial score (nSPS) is 10.3. The molecular weight excluding hydrogens is 300 g/mol. The van der Waals surface area contributed by atoms with Crippen molar-refractivity contribution in [2.75, 3.05) is 5.32 Å². The molecule has 0 aliphatic carbocycles. The second kappa shape index (κ2) is 6.01. The van der Waals surface area contributed by atoms with Gasteiger partial charge in [0.15, 0.2) is 17.4 Å². The number of carbonyl (C=O) groups is 2. The van der Waals surface area contributed by atoms with Crippen LogP contribution >= 0.6 is 11.6 Å². The minimum Gasteiger partial charge on any atom is -0.322 e. The van der Waals surface area contributed by atoms with E-state index in [1.165, 1.54) is 19.1 Å². The molecule has 108 valence electrons. The summed E-state index contributed by atoms with van der Waals surface area (Å²) >= 11 is 5.72. The average Bonchev–Trinajstić information content (AvgIpc) is 2.43. The topological polar surface area (TPSA) is 46.2 Å². The number of benzene rings is 2. The molecule has 0 spiro atoms. The van der Waals surface area contributed by atoms with Gasteiger partial charge < -0.3 is 5.32 Å². The number of halogens is 3. The van der Waals surface area contributed by atoms with Gasteiger partial charge in [0.2, 0.25) is 0 Å². The van der Waals surface area contributed by atoms with Gasteiger partial charge in [-0.05, 0) is 43.3 Å². The Balaban J connectivity index is 2.22. The molecule has 2 aromatic carbocycles. The molecule has 0 aliphatic heterocycles. The summed E-state index contributed by atoms with van der Waals surface area (Å²) in [7, 11) is 0. The molecule has 2 rings (SSSR count). The number of amides is 1. The molecule has 0 unspecified atom stereocenters. The highest BCUT2D eigenvalue weighted by Crippen LogP contribution is 2.21. The van der Waals surface area contributed by atoms with Crippen LogP contribution < -0.4 is 5.32 Å². The molecule has 3 nitrogen and oxygen atoms in total. The van der Waals surface area contributed by atoms with Crippen molar-refractivity contribution in [1.82, 2.24) is 0 Å². The first-order valence-corrected chi connectivity index (χ1v) is 6.33. The fourth-order valence-corrected chi connectivity index (χ4v) is 1.92. The first-order chi connectivity index (χ1) is 9.88. The quantitative estimate of drug-likeness (QED) is 0.686. The highest BCUT2D eigenvalue weighted by Gasteiger charge is 2.15. The van der Waals surface area contributed by atoms with Gasteiger partial charge in [-0.2, -0.15) is 0 Å². The third-order valence-corrected chi connectivity index (χ3v) is 3.12. The monoisotopic (exact) mass is 309 g/mol. The summed E-state index contributed by atoms with van der Waals surface area (Å²) < 4.78 is 26.1. The third-order valence-electron chi connectivity index (χ3n) is 2.80. The summed E-state index contributed by atoms with van der Waals surface area (Å²) in [5.74, 6) is -3.05. The molecule has 0 heterocycles. The number of hydrogen-bond donors (Lipinski definition) is 1. The number of ketones is 1. The standard InChI is InChI=1S/C15H10ClF2NO2/c1-8(20)9-2-4-10(5-3-9)19-15(21)11-6-13(17)14(18)7-12(11)16/h2-7H,1H3,(H,19,21). The Kier molecular flexibility index (Phi) is 4.33. The van der Waals surface area contributed by atoms with Crippen LogP contribution in [-0.4, -0.2) is 11.7 Å². The van der Waals surface area contributed by atoms with Crippen LogP contribution in [0.15, 0.2) is 36.4 Å². The maximum absolute atomic E-state index is 13.1. The fraction of sp³-hybridized carbons (Fsp3) is 0.0667. The van der Waals surface area contributed by atoms with Crippen molar-refractivity contribution < 1.29 is 18.4 Å². The molecule has 1 amide bonds. The fourth-order valence-electron chi connectivity index (χ4n) is 1.68. The summed E-state index contributed by atoms with van der Waals surface area (Å²) in [6.07, 6.45) is 0. The lowest BCUT2D eigenvalue weighted by Gasteiger charge is -2.08. The molecule has 0 radical (unpaired) electrons. The molecule has 0 saturated carbocycles. The maximum atomic E-state index is 13.1. The summed E-state index contributed by atoms with van der Waals surface area (Å²) in [6.45, 7) is 1.43. The van der Waals surface area contributed by atoms with E-state index in [0.717, 1.165) is 12.1 Å². The van der Waals surface area contributed by atoms with E-state index in [4.69, 9.17) is 11.6 Å². The van der Waals surface area contributed by atoms with E-state index in [0.29, 0.717) is 11.3 Å². The third kappa shape index (κ3) is 3.44. The van der Waals surface area contributed by atoms with Gasteiger partial charge in [-0.1, -0.05) is 11.6 Å². The average molecular weight is 310 g/mol. The zero-order valence-corrected chi connectivity index (χ0v) is 11.7. The van der Waals surface area contributed by atoms with E-state index in [-0.39, 0.29) is 16.4 Å². The Morgan fingerprint density at radius 2 is 1.62 bits per heavy atom. The number of anilines is 1. The number of hydrogen-bond acceptors (Lipinski definition) is 2. The lowest BCUT2D eigenvalue weighted by Crippen LogP contribution is -2.13. The Labute approximate surface area is 124 Å². The van der Waals surface area contributed by atoms with Crippen LogP contribution in [0, 0.1) is 11.6 Å². The number of nitrogens with one attached hydrogen (secondary N) is 1. The van der Waals surface area contributed by atoms with Crippen molar-refractivity contribution in [3.63, 3.8) is 0 Å². The van der Waals surface area contributed by atoms with Crippen molar-refractivity contribution in [3.05, 3.63) is 64.2 Å². The van der Waals surface area contributed by atoms with Gasteiger partial charge in [-0.3, -0.25) is 9.59 Å². The van der Waals surface area contributed by atoms with Crippen LogP contribution in [0.3, 0.4) is 0 Å². The van der Waals surface area contributed by atoms with Gasteiger partial charge in [-0.25, -0.2) is 8.78 Å². The number of rotatable bonds is 3. The van der Waals surface area contributed by atoms with Gasteiger partial charge in [-0.15, -0.1) is 0 Å². The first kappa shape index (κ1) is 15.1. The first-order valence-electron chi connectivity index (χ1n) is 5.95. The van der Waals surface area contributed by atoms with Crippen molar-refractivity contribution in [2.45, 2.75) is 6.92 Å². The molecule has 0 bridgehead atoms. The van der Waals surface area contributed by atoms with Gasteiger partial charge in [0.25, 0.3) is 5.91 Å². The smallest absolute Gasteiger partial charge is 0.257 e. The van der Waals surface area contributed by atoms with Crippen molar-refractivity contribution in [1.29, 1.82) is 0 Å². The molecular formula is C15H10ClF2NO2. The predicted octanol–water partition coefficient (Wildman–Crippen LogP) is 4.07.